The molecule has 0 aromatic carbocycles. The van der Waals surface area contributed by atoms with Gasteiger partial charge in [0.15, 0.2) is 0 Å². The molecule has 0 atom stereocenters. The molecule has 1 saturated heterocycles. The average molecular weight is 222 g/mol. The summed E-state index contributed by atoms with van der Waals surface area (Å²) in [5.41, 5.74) is 0. The number of piperidine rings is 1. The van der Waals surface area contributed by atoms with E-state index in [-0.39, 0.29) is 6.03 Å². The Hall–Kier alpha value is -1.17. The van der Waals surface area contributed by atoms with Crippen molar-refractivity contribution in [2.45, 2.75) is 39.0 Å². The van der Waals surface area contributed by atoms with Crippen LogP contribution in [0.25, 0.3) is 0 Å². The van der Waals surface area contributed by atoms with Crippen LogP contribution in [0.2, 0.25) is 0 Å². The van der Waals surface area contributed by atoms with Gasteiger partial charge >= 0.3 is 6.03 Å². The molecule has 0 aromatic rings. The van der Waals surface area contributed by atoms with Gasteiger partial charge in [-0.3, -0.25) is 0 Å². The van der Waals surface area contributed by atoms with Gasteiger partial charge in [-0.25, -0.2) is 4.79 Å². The summed E-state index contributed by atoms with van der Waals surface area (Å²) >= 11 is 0. The third-order valence-electron chi connectivity index (χ3n) is 3.09. The molecule has 1 fully saturated rings. The number of rotatable bonds is 4. The molecule has 0 radical (unpaired) electrons. The van der Waals surface area contributed by atoms with Crippen LogP contribution in [-0.2, 0) is 0 Å². The van der Waals surface area contributed by atoms with E-state index in [0.717, 1.165) is 57.7 Å². The Morgan fingerprint density at radius 2 is 2.12 bits per heavy atom. The van der Waals surface area contributed by atoms with Crippen LogP contribution < -0.4 is 5.32 Å². The molecule has 1 heterocycles. The molecule has 1 aliphatic rings. The van der Waals surface area contributed by atoms with Crippen LogP contribution in [0.3, 0.4) is 0 Å². The minimum absolute atomic E-state index is 0.0904. The molecule has 3 nitrogen and oxygen atoms in total. The van der Waals surface area contributed by atoms with Crippen LogP contribution in [0.5, 0.6) is 0 Å². The standard InChI is InChI=1S/C13H22N2O/c1-3-4-5-6-9-14-13(16)15-10-7-12(2)8-11-15/h1,12H,4-11H2,2H3,(H,14,16). The Morgan fingerprint density at radius 3 is 2.75 bits per heavy atom. The van der Waals surface area contributed by atoms with Gasteiger partial charge in [-0.2, -0.15) is 0 Å². The Bertz CT molecular complexity index is 249. The lowest BCUT2D eigenvalue weighted by atomic mass is 10.00. The second kappa shape index (κ2) is 7.16. The predicted molar refractivity (Wildman–Crippen MR) is 66.1 cm³/mol. The van der Waals surface area contributed by atoms with Gasteiger partial charge in [0.2, 0.25) is 0 Å². The van der Waals surface area contributed by atoms with E-state index in [9.17, 15) is 4.79 Å². The van der Waals surface area contributed by atoms with Crippen LogP contribution in [0, 0.1) is 18.3 Å². The van der Waals surface area contributed by atoms with Crippen LogP contribution in [0.1, 0.15) is 39.0 Å². The van der Waals surface area contributed by atoms with Crippen molar-refractivity contribution < 1.29 is 4.79 Å². The van der Waals surface area contributed by atoms with Gasteiger partial charge in [-0.05, 0) is 31.6 Å². The van der Waals surface area contributed by atoms with Crippen molar-refractivity contribution in [2.75, 3.05) is 19.6 Å². The Morgan fingerprint density at radius 1 is 1.44 bits per heavy atom. The molecule has 0 saturated carbocycles. The van der Waals surface area contributed by atoms with Crippen molar-refractivity contribution in [3.63, 3.8) is 0 Å². The molecule has 1 N–H and O–H groups in total. The number of carbonyl (C=O) groups excluding carboxylic acids is 1. The lowest BCUT2D eigenvalue weighted by molar-refractivity contribution is 0.174. The molecule has 3 heteroatoms. The number of hydrogen-bond acceptors (Lipinski definition) is 1. The molecule has 16 heavy (non-hydrogen) atoms. The van der Waals surface area contributed by atoms with E-state index in [1.165, 1.54) is 0 Å². The monoisotopic (exact) mass is 222 g/mol. The summed E-state index contributed by atoms with van der Waals surface area (Å²) in [6, 6.07) is 0.0904. The molecule has 90 valence electrons. The normalized spacial score (nSPS) is 16.9. The average Bonchev–Trinajstić information content (AvgIpc) is 2.29. The van der Waals surface area contributed by atoms with E-state index < -0.39 is 0 Å². The van der Waals surface area contributed by atoms with Crippen LogP contribution in [-0.4, -0.2) is 30.6 Å². The molecule has 1 aliphatic heterocycles. The zero-order chi connectivity index (χ0) is 11.8. The van der Waals surface area contributed by atoms with Crippen LogP contribution in [0.4, 0.5) is 4.79 Å². The molecule has 0 unspecified atom stereocenters. The summed E-state index contributed by atoms with van der Waals surface area (Å²) in [5, 5.41) is 2.94. The Kier molecular flexibility index (Phi) is 5.77. The fourth-order valence-corrected chi connectivity index (χ4v) is 1.87. The predicted octanol–water partition coefficient (Wildman–Crippen LogP) is 2.23. The molecule has 0 aliphatic carbocycles. The van der Waals surface area contributed by atoms with Gasteiger partial charge in [0.1, 0.15) is 0 Å². The minimum atomic E-state index is 0.0904. The van der Waals surface area contributed by atoms with Crippen molar-refractivity contribution in [1.82, 2.24) is 10.2 Å². The maximum atomic E-state index is 11.7. The van der Waals surface area contributed by atoms with E-state index in [0.29, 0.717) is 0 Å². The van der Waals surface area contributed by atoms with Gasteiger partial charge in [0.25, 0.3) is 0 Å². The van der Waals surface area contributed by atoms with Gasteiger partial charge in [0, 0.05) is 26.1 Å². The molecule has 0 aromatic heterocycles. The summed E-state index contributed by atoms with van der Waals surface area (Å²) in [7, 11) is 0. The lowest BCUT2D eigenvalue weighted by Crippen LogP contribution is -2.44. The van der Waals surface area contributed by atoms with Gasteiger partial charge in [0.05, 0.1) is 0 Å². The van der Waals surface area contributed by atoms with Gasteiger partial charge in [-0.15, -0.1) is 12.3 Å². The van der Waals surface area contributed by atoms with Crippen molar-refractivity contribution in [2.24, 2.45) is 5.92 Å². The SMILES string of the molecule is C#CCCCCNC(=O)N1CCC(C)CC1. The number of likely N-dealkylation sites (tertiary alicyclic amines) is 1. The number of urea groups is 1. The molecular formula is C13H22N2O. The number of terminal acetylenes is 1. The smallest absolute Gasteiger partial charge is 0.317 e. The number of amides is 2. The van der Waals surface area contributed by atoms with E-state index in [2.05, 4.69) is 18.2 Å². The molecule has 0 spiro atoms. The quantitative estimate of drug-likeness (QED) is 0.574. The fraction of sp³-hybridized carbons (Fsp3) is 0.769. The third kappa shape index (κ3) is 4.57. The maximum Gasteiger partial charge on any atom is 0.317 e. The molecule has 0 bridgehead atoms. The first kappa shape index (κ1) is 12.9. The second-order valence-corrected chi connectivity index (χ2v) is 4.56. The molecule has 1 rings (SSSR count). The topological polar surface area (TPSA) is 32.3 Å². The number of nitrogens with zero attached hydrogens (tertiary/aromatic N) is 1. The number of carbonyl (C=O) groups is 1. The van der Waals surface area contributed by atoms with Crippen LogP contribution in [0.15, 0.2) is 0 Å². The van der Waals surface area contributed by atoms with E-state index >= 15 is 0 Å². The first-order chi connectivity index (χ1) is 7.74. The largest absolute Gasteiger partial charge is 0.338 e. The second-order valence-electron chi connectivity index (χ2n) is 4.56. The summed E-state index contributed by atoms with van der Waals surface area (Å²) in [5.74, 6) is 3.36. The van der Waals surface area contributed by atoms with E-state index in [4.69, 9.17) is 6.42 Å². The fourth-order valence-electron chi connectivity index (χ4n) is 1.87. The van der Waals surface area contributed by atoms with Crippen molar-refractivity contribution >= 4 is 6.03 Å². The summed E-state index contributed by atoms with van der Waals surface area (Å²) in [6.07, 6.45) is 10.2. The first-order valence-electron chi connectivity index (χ1n) is 6.20. The zero-order valence-corrected chi connectivity index (χ0v) is 10.2. The summed E-state index contributed by atoms with van der Waals surface area (Å²) < 4.78 is 0. The first-order valence-corrected chi connectivity index (χ1v) is 6.20. The third-order valence-corrected chi connectivity index (χ3v) is 3.09. The minimum Gasteiger partial charge on any atom is -0.338 e. The van der Waals surface area contributed by atoms with Crippen LogP contribution >= 0.6 is 0 Å². The number of nitrogens with one attached hydrogen (secondary N) is 1. The lowest BCUT2D eigenvalue weighted by Gasteiger charge is -2.30. The molecular weight excluding hydrogens is 200 g/mol. The maximum absolute atomic E-state index is 11.7. The number of hydrogen-bond donors (Lipinski definition) is 1. The van der Waals surface area contributed by atoms with Crippen molar-refractivity contribution in [1.29, 1.82) is 0 Å². The highest BCUT2D eigenvalue weighted by Gasteiger charge is 2.19. The van der Waals surface area contributed by atoms with Gasteiger partial charge < -0.3 is 10.2 Å². The van der Waals surface area contributed by atoms with E-state index in [1.54, 1.807) is 0 Å². The summed E-state index contributed by atoms with van der Waals surface area (Å²) in [6.45, 7) is 4.79. The number of unbranched alkanes of at least 4 members (excludes halogenated alkanes) is 2. The van der Waals surface area contributed by atoms with Crippen molar-refractivity contribution in [3.05, 3.63) is 0 Å². The highest BCUT2D eigenvalue weighted by atomic mass is 16.2. The Balaban J connectivity index is 2.08. The zero-order valence-electron chi connectivity index (χ0n) is 10.2. The van der Waals surface area contributed by atoms with E-state index in [1.807, 2.05) is 4.90 Å². The highest BCUT2D eigenvalue weighted by Crippen LogP contribution is 2.15. The van der Waals surface area contributed by atoms with Gasteiger partial charge in [-0.1, -0.05) is 6.92 Å². The van der Waals surface area contributed by atoms with Crippen molar-refractivity contribution in [3.8, 4) is 12.3 Å². The molecule has 2 amide bonds. The Labute approximate surface area is 98.6 Å². The summed E-state index contributed by atoms with van der Waals surface area (Å²) in [4.78, 5) is 13.6. The highest BCUT2D eigenvalue weighted by molar-refractivity contribution is 5.74.